The minimum absolute atomic E-state index is 0.101. The Labute approximate surface area is 663 Å². The predicted molar refractivity (Wildman–Crippen MR) is 446 cm³/mol. The van der Waals surface area contributed by atoms with Crippen molar-refractivity contribution >= 4 is 39.5 Å². The van der Waals surface area contributed by atoms with Crippen molar-refractivity contribution in [3.05, 3.63) is 24.3 Å². The van der Waals surface area contributed by atoms with Gasteiger partial charge in [-0.3, -0.25) is 37.3 Å². The van der Waals surface area contributed by atoms with Crippen molar-refractivity contribution in [3.8, 4) is 0 Å². The third kappa shape index (κ3) is 78.8. The highest BCUT2D eigenvalue weighted by molar-refractivity contribution is 7.47. The molecule has 3 N–H and O–H groups in total. The Morgan fingerprint density at radius 1 is 0.306 bits per heavy atom. The Morgan fingerprint density at radius 2 is 0.546 bits per heavy atom. The molecule has 19 heteroatoms. The standard InChI is InChI=1S/C89H170O17P2/c1-8-11-12-13-14-15-16-17-26-33-38-43-48-56-63-70-86(91)99-76-84(105-88(93)72-65-58-49-44-39-34-29-24-20-18-22-27-31-36-41-46-54-61-68-81(6)9-2)78-103-107(95,96)101-74-83(90)75-102-108(97,98)104-79-85(77-100-87(92)71-64-57-52-51-53-60-67-80(4)5)106-89(94)73-66-59-50-45-40-35-30-25-21-19-23-28-32-37-42-47-55-62-69-82(7)10-3/h15-17,26,80-85,90H,8-14,18-25,27-79H2,1-7H3,(H,95,96)(H,97,98)/b16-15-,26-17-/t81?,82?,83-,84-,85-/m1/s1. The van der Waals surface area contributed by atoms with E-state index >= 15 is 0 Å². The maximum atomic E-state index is 13.1. The SMILES string of the molecule is CCCCCC/C=C\C=C/CCCCCCCC(=O)OC[C@H](COP(=O)(O)OC[C@@H](O)COP(=O)(O)OC[C@@H](COC(=O)CCCCCCCCC(C)C)OC(=O)CCCCCCCCCCCCCCCCCCCCC(C)CC)OC(=O)CCCCCCCCCCCCCCCCCCCCC(C)CC. The fraction of sp³-hybridized carbons (Fsp3) is 0.910. The van der Waals surface area contributed by atoms with Gasteiger partial charge in [0.2, 0.25) is 0 Å². The van der Waals surface area contributed by atoms with E-state index in [1.807, 2.05) is 0 Å². The lowest BCUT2D eigenvalue weighted by Crippen LogP contribution is -2.30. The number of aliphatic hydroxyl groups is 1. The summed E-state index contributed by atoms with van der Waals surface area (Å²) in [6, 6.07) is 0. The summed E-state index contributed by atoms with van der Waals surface area (Å²) in [5.41, 5.74) is 0. The van der Waals surface area contributed by atoms with Crippen LogP contribution in [-0.4, -0.2) is 96.7 Å². The zero-order valence-corrected chi connectivity index (χ0v) is 72.6. The Balaban J connectivity index is 5.20. The van der Waals surface area contributed by atoms with Gasteiger partial charge in [0.25, 0.3) is 0 Å². The molecule has 638 valence electrons. The number of esters is 4. The smallest absolute Gasteiger partial charge is 0.462 e. The lowest BCUT2D eigenvalue weighted by atomic mass is 9.99. The molecule has 0 aliphatic carbocycles. The highest BCUT2D eigenvalue weighted by atomic mass is 31.2. The molecule has 0 heterocycles. The highest BCUT2D eigenvalue weighted by Crippen LogP contribution is 2.45. The Hall–Kier alpha value is -2.46. The number of allylic oxidation sites excluding steroid dienone is 4. The molecule has 0 rings (SSSR count). The van der Waals surface area contributed by atoms with Crippen LogP contribution in [0.25, 0.3) is 0 Å². The normalized spacial score (nSPS) is 14.5. The molecule has 0 bridgehead atoms. The lowest BCUT2D eigenvalue weighted by molar-refractivity contribution is -0.161. The number of hydrogen-bond donors (Lipinski definition) is 3. The number of carbonyl (C=O) groups excluding carboxylic acids is 4. The van der Waals surface area contributed by atoms with Crippen molar-refractivity contribution in [2.75, 3.05) is 39.6 Å². The predicted octanol–water partition coefficient (Wildman–Crippen LogP) is 26.8. The molecule has 0 spiro atoms. The zero-order chi connectivity index (χ0) is 79.3. The Morgan fingerprint density at radius 3 is 0.824 bits per heavy atom. The molecule has 0 aromatic carbocycles. The maximum Gasteiger partial charge on any atom is 0.472 e. The fourth-order valence-electron chi connectivity index (χ4n) is 13.3. The van der Waals surface area contributed by atoms with Gasteiger partial charge in [-0.15, -0.1) is 0 Å². The first-order valence-electron chi connectivity index (χ1n) is 45.2. The Kier molecular flexibility index (Phi) is 76.6. The van der Waals surface area contributed by atoms with Gasteiger partial charge in [-0.2, -0.15) is 0 Å². The minimum atomic E-state index is -4.97. The quantitative estimate of drug-likeness (QED) is 0.0169. The van der Waals surface area contributed by atoms with Gasteiger partial charge in [-0.1, -0.05) is 394 Å². The summed E-state index contributed by atoms with van der Waals surface area (Å²) in [7, 11) is -9.94. The molecule has 7 atom stereocenters. The zero-order valence-electron chi connectivity index (χ0n) is 70.8. The number of phosphoric ester groups is 2. The molecular formula is C89H170O17P2. The van der Waals surface area contributed by atoms with Crippen molar-refractivity contribution < 1.29 is 80.2 Å². The molecular weight excluding hydrogens is 1400 g/mol. The van der Waals surface area contributed by atoms with Gasteiger partial charge in [-0.05, 0) is 69.1 Å². The van der Waals surface area contributed by atoms with Gasteiger partial charge < -0.3 is 33.8 Å². The average molecular weight is 1570 g/mol. The van der Waals surface area contributed by atoms with Crippen molar-refractivity contribution in [3.63, 3.8) is 0 Å². The van der Waals surface area contributed by atoms with Gasteiger partial charge in [0.1, 0.15) is 19.3 Å². The molecule has 0 fully saturated rings. The third-order valence-corrected chi connectivity index (χ3v) is 22.9. The number of aliphatic hydroxyl groups excluding tert-OH is 1. The summed E-state index contributed by atoms with van der Waals surface area (Å²) in [5, 5.41) is 10.7. The number of rotatable bonds is 85. The van der Waals surface area contributed by atoms with E-state index < -0.39 is 97.5 Å². The second kappa shape index (κ2) is 78.4. The van der Waals surface area contributed by atoms with Crippen LogP contribution >= 0.6 is 15.6 Å². The minimum Gasteiger partial charge on any atom is -0.462 e. The summed E-state index contributed by atoms with van der Waals surface area (Å²) in [6.07, 6.45) is 73.2. The molecule has 0 radical (unpaired) electrons. The van der Waals surface area contributed by atoms with Crippen LogP contribution < -0.4 is 0 Å². The molecule has 0 aromatic rings. The molecule has 4 unspecified atom stereocenters. The van der Waals surface area contributed by atoms with Crippen LogP contribution in [0.5, 0.6) is 0 Å². The molecule has 0 aromatic heterocycles. The van der Waals surface area contributed by atoms with Gasteiger partial charge >= 0.3 is 39.5 Å². The molecule has 0 saturated carbocycles. The van der Waals surface area contributed by atoms with Crippen LogP contribution in [0.2, 0.25) is 0 Å². The summed E-state index contributed by atoms with van der Waals surface area (Å²) < 4.78 is 68.9. The van der Waals surface area contributed by atoms with Crippen LogP contribution in [0.3, 0.4) is 0 Å². The molecule has 17 nitrogen and oxygen atoms in total. The average Bonchev–Trinajstić information content (AvgIpc) is 0.899. The second-order valence-electron chi connectivity index (χ2n) is 32.3. The van der Waals surface area contributed by atoms with Crippen molar-refractivity contribution in [1.29, 1.82) is 0 Å². The van der Waals surface area contributed by atoms with E-state index in [9.17, 15) is 43.2 Å². The fourth-order valence-corrected chi connectivity index (χ4v) is 14.9. The largest absolute Gasteiger partial charge is 0.472 e. The first-order valence-corrected chi connectivity index (χ1v) is 48.2. The van der Waals surface area contributed by atoms with Crippen LogP contribution in [0.4, 0.5) is 0 Å². The van der Waals surface area contributed by atoms with Crippen molar-refractivity contribution in [2.45, 2.75) is 465 Å². The van der Waals surface area contributed by atoms with Crippen LogP contribution in [0, 0.1) is 17.8 Å². The Bertz CT molecular complexity index is 2180. The van der Waals surface area contributed by atoms with Crippen LogP contribution in [0.1, 0.15) is 447 Å². The van der Waals surface area contributed by atoms with Gasteiger partial charge in [0.15, 0.2) is 12.2 Å². The number of hydrogen-bond acceptors (Lipinski definition) is 15. The highest BCUT2D eigenvalue weighted by Gasteiger charge is 2.31. The maximum absolute atomic E-state index is 13.1. The monoisotopic (exact) mass is 1570 g/mol. The number of phosphoric acid groups is 2. The van der Waals surface area contributed by atoms with E-state index in [1.165, 1.54) is 231 Å². The van der Waals surface area contributed by atoms with E-state index in [4.69, 9.17) is 37.0 Å². The molecule has 0 amide bonds. The number of carbonyl (C=O) groups is 4. The van der Waals surface area contributed by atoms with E-state index in [1.54, 1.807) is 0 Å². The van der Waals surface area contributed by atoms with Crippen molar-refractivity contribution in [1.82, 2.24) is 0 Å². The summed E-state index contributed by atoms with van der Waals surface area (Å²) >= 11 is 0. The first kappa shape index (κ1) is 106. The van der Waals surface area contributed by atoms with E-state index in [-0.39, 0.29) is 25.7 Å². The molecule has 0 aliphatic heterocycles. The lowest BCUT2D eigenvalue weighted by Gasteiger charge is -2.21. The molecule has 108 heavy (non-hydrogen) atoms. The van der Waals surface area contributed by atoms with Crippen molar-refractivity contribution in [2.24, 2.45) is 17.8 Å². The number of unbranched alkanes of at least 4 members (excludes halogenated alkanes) is 48. The van der Waals surface area contributed by atoms with E-state index in [0.717, 1.165) is 127 Å². The molecule has 0 saturated heterocycles. The van der Waals surface area contributed by atoms with Gasteiger partial charge in [0, 0.05) is 25.7 Å². The summed E-state index contributed by atoms with van der Waals surface area (Å²) in [5.74, 6) is 0.282. The third-order valence-electron chi connectivity index (χ3n) is 21.0. The number of ether oxygens (including phenoxy) is 4. The summed E-state index contributed by atoms with van der Waals surface area (Å²) in [4.78, 5) is 73.2. The first-order chi connectivity index (χ1) is 52.3. The van der Waals surface area contributed by atoms with Gasteiger partial charge in [0.05, 0.1) is 26.4 Å². The van der Waals surface area contributed by atoms with E-state index in [0.29, 0.717) is 31.6 Å². The molecule has 0 aliphatic rings. The van der Waals surface area contributed by atoms with Crippen LogP contribution in [-0.2, 0) is 65.4 Å². The topological polar surface area (TPSA) is 237 Å². The second-order valence-corrected chi connectivity index (χ2v) is 35.2. The van der Waals surface area contributed by atoms with Gasteiger partial charge in [-0.25, -0.2) is 9.13 Å². The summed E-state index contributed by atoms with van der Waals surface area (Å²) in [6.45, 7) is 12.0. The van der Waals surface area contributed by atoms with Crippen LogP contribution in [0.15, 0.2) is 24.3 Å². The van der Waals surface area contributed by atoms with E-state index in [2.05, 4.69) is 72.8 Å².